The van der Waals surface area contributed by atoms with Crippen molar-refractivity contribution < 1.29 is 27.5 Å². The number of carbonyl (C=O) groups excluding carboxylic acids is 1. The van der Waals surface area contributed by atoms with Crippen molar-refractivity contribution in [2.45, 2.75) is 31.3 Å². The van der Waals surface area contributed by atoms with Crippen LogP contribution in [0.1, 0.15) is 24.4 Å². The number of aromatic nitrogens is 2. The van der Waals surface area contributed by atoms with E-state index in [1.54, 1.807) is 12.1 Å². The van der Waals surface area contributed by atoms with Crippen LogP contribution < -0.4 is 20.8 Å². The fourth-order valence-corrected chi connectivity index (χ4v) is 4.39. The predicted octanol–water partition coefficient (Wildman–Crippen LogP) is -0.813. The van der Waals surface area contributed by atoms with Crippen LogP contribution >= 0.6 is 0 Å². The molecule has 1 unspecified atom stereocenters. The first-order valence-electron chi connectivity index (χ1n) is 8.21. The van der Waals surface area contributed by atoms with E-state index in [1.165, 1.54) is 23.0 Å². The summed E-state index contributed by atoms with van der Waals surface area (Å²) in [6.45, 7) is 0. The molecule has 2 aromatic rings. The third-order valence-electron chi connectivity index (χ3n) is 4.37. The number of carbonyl (C=O) groups is 1. The van der Waals surface area contributed by atoms with E-state index in [-0.39, 0.29) is 41.2 Å². The summed E-state index contributed by atoms with van der Waals surface area (Å²) in [6, 6.07) is 5.49. The second-order valence-corrected chi connectivity index (χ2v) is 8.67. The molecule has 1 aliphatic heterocycles. The van der Waals surface area contributed by atoms with Crippen molar-refractivity contribution in [3.05, 3.63) is 41.6 Å². The molecule has 1 aliphatic rings. The van der Waals surface area contributed by atoms with Gasteiger partial charge in [0, 0.05) is 12.5 Å². The van der Waals surface area contributed by atoms with Gasteiger partial charge in [-0.3, -0.25) is 15.5 Å². The minimum Gasteiger partial charge on any atom is -0.508 e. The van der Waals surface area contributed by atoms with Gasteiger partial charge in [0.15, 0.2) is 0 Å². The smallest absolute Gasteiger partial charge is 0.289 e. The molecule has 1 aromatic carbocycles. The van der Waals surface area contributed by atoms with Gasteiger partial charge in [-0.15, -0.1) is 0 Å². The maximum Gasteiger partial charge on any atom is 0.289 e. The van der Waals surface area contributed by atoms with Crippen molar-refractivity contribution in [1.29, 1.82) is 5.41 Å². The van der Waals surface area contributed by atoms with E-state index in [4.69, 9.17) is 9.93 Å². The zero-order valence-electron chi connectivity index (χ0n) is 14.0. The summed E-state index contributed by atoms with van der Waals surface area (Å²) >= 11 is 0. The highest BCUT2D eigenvalue weighted by molar-refractivity contribution is 7.91. The molecule has 1 saturated heterocycles. The van der Waals surface area contributed by atoms with E-state index >= 15 is 0 Å². The van der Waals surface area contributed by atoms with Crippen molar-refractivity contribution in [2.24, 2.45) is 0 Å². The van der Waals surface area contributed by atoms with Gasteiger partial charge in [0.05, 0.1) is 11.5 Å². The summed E-state index contributed by atoms with van der Waals surface area (Å²) in [5.41, 5.74) is 0.633. The van der Waals surface area contributed by atoms with Gasteiger partial charge in [0.25, 0.3) is 11.5 Å². The topological polar surface area (TPSA) is 138 Å². The average molecular weight is 380 g/mol. The van der Waals surface area contributed by atoms with Crippen molar-refractivity contribution in [3.63, 3.8) is 0 Å². The van der Waals surface area contributed by atoms with Gasteiger partial charge in [-0.1, -0.05) is 12.1 Å². The Labute approximate surface area is 150 Å². The highest BCUT2D eigenvalue weighted by Crippen LogP contribution is 2.16. The Morgan fingerprint density at radius 1 is 1.35 bits per heavy atom. The third-order valence-corrected chi connectivity index (χ3v) is 6.09. The minimum atomic E-state index is -3.01. The zero-order chi connectivity index (χ0) is 18.7. The summed E-state index contributed by atoms with van der Waals surface area (Å²) in [6.07, 6.45) is 2.37. The van der Waals surface area contributed by atoms with E-state index in [0.717, 1.165) is 5.56 Å². The molecule has 9 nitrogen and oxygen atoms in total. The molecule has 3 N–H and O–H groups in total. The number of hydrogen-bond acceptors (Lipinski definition) is 6. The number of amides is 1. The maximum atomic E-state index is 12.8. The fourth-order valence-electron chi connectivity index (χ4n) is 2.90. The van der Waals surface area contributed by atoms with Crippen LogP contribution in [0.3, 0.4) is 0 Å². The lowest BCUT2D eigenvalue weighted by molar-refractivity contribution is -0.778. The highest BCUT2D eigenvalue weighted by Gasteiger charge is 2.31. The Bertz CT molecular complexity index is 918. The predicted molar refractivity (Wildman–Crippen MR) is 88.7 cm³/mol. The molecule has 3 rings (SSSR count). The molecule has 140 valence electrons. The highest BCUT2D eigenvalue weighted by atomic mass is 32.2. The Kier molecular flexibility index (Phi) is 5.12. The Hall–Kier alpha value is -2.62. The summed E-state index contributed by atoms with van der Waals surface area (Å²) in [4.78, 5) is 12.8. The van der Waals surface area contributed by atoms with Gasteiger partial charge in [-0.2, -0.15) is 0 Å². The fraction of sp³-hybridized carbons (Fsp3) is 0.438. The SMILES string of the molecule is N=c1c[n+](C(Cc2ccc(O)cc2)C(=O)NC2CCS(=O)(=O)CC2)[n-]o1. The molecule has 1 fully saturated rings. The summed E-state index contributed by atoms with van der Waals surface area (Å²) in [5, 5.41) is 23.5. The van der Waals surface area contributed by atoms with E-state index < -0.39 is 15.9 Å². The molecule has 1 aromatic heterocycles. The van der Waals surface area contributed by atoms with Crippen LogP contribution in [0.5, 0.6) is 5.75 Å². The van der Waals surface area contributed by atoms with Crippen LogP contribution in [0.4, 0.5) is 0 Å². The standard InChI is InChI=1S/C16H20N4O5S/c17-15-10-20(19-25-15)14(9-11-1-3-13(21)4-2-11)16(22)18-12-5-7-26(23,24)8-6-12/h1-4,10,12,14,17,21H,5-9H2,(H,18,22). The number of phenols is 1. The van der Waals surface area contributed by atoms with Crippen molar-refractivity contribution in [3.8, 4) is 5.75 Å². The number of rotatable bonds is 5. The number of phenolic OH excluding ortho intramolecular Hbond substituents is 1. The molecule has 0 spiro atoms. The van der Waals surface area contributed by atoms with E-state index in [1.807, 2.05) is 0 Å². The Morgan fingerprint density at radius 3 is 2.58 bits per heavy atom. The second-order valence-electron chi connectivity index (χ2n) is 6.37. The van der Waals surface area contributed by atoms with Crippen molar-refractivity contribution in [2.75, 3.05) is 11.5 Å². The Morgan fingerprint density at radius 2 is 2.00 bits per heavy atom. The largest absolute Gasteiger partial charge is 0.508 e. The molecule has 0 bridgehead atoms. The maximum absolute atomic E-state index is 12.8. The molecular formula is C16H20N4O5S. The van der Waals surface area contributed by atoms with Gasteiger partial charge >= 0.3 is 0 Å². The lowest BCUT2D eigenvalue weighted by Gasteiger charge is -2.24. The van der Waals surface area contributed by atoms with Crippen LogP contribution in [0, 0.1) is 5.41 Å². The summed E-state index contributed by atoms with van der Waals surface area (Å²) in [7, 11) is -3.01. The summed E-state index contributed by atoms with van der Waals surface area (Å²) in [5.74, 6) is -0.0651. The van der Waals surface area contributed by atoms with E-state index in [2.05, 4.69) is 10.6 Å². The number of benzene rings is 1. The van der Waals surface area contributed by atoms with Crippen molar-refractivity contribution in [1.82, 2.24) is 10.6 Å². The monoisotopic (exact) mass is 380 g/mol. The number of hydrogen-bond donors (Lipinski definition) is 3. The van der Waals surface area contributed by atoms with E-state index in [0.29, 0.717) is 12.8 Å². The molecule has 2 heterocycles. The quantitative estimate of drug-likeness (QED) is 0.580. The Balaban J connectivity index is 1.75. The molecular weight excluding hydrogens is 360 g/mol. The molecule has 0 radical (unpaired) electrons. The van der Waals surface area contributed by atoms with Gasteiger partial charge in [-0.05, 0) is 30.5 Å². The van der Waals surface area contributed by atoms with Crippen LogP contribution in [0.15, 0.2) is 35.0 Å². The van der Waals surface area contributed by atoms with Crippen LogP contribution in [0.2, 0.25) is 0 Å². The van der Waals surface area contributed by atoms with Gasteiger partial charge in [0.2, 0.25) is 12.2 Å². The van der Waals surface area contributed by atoms with Crippen molar-refractivity contribution >= 4 is 15.7 Å². The first kappa shape index (κ1) is 18.2. The molecule has 0 saturated carbocycles. The number of aromatic hydroxyl groups is 1. The van der Waals surface area contributed by atoms with E-state index in [9.17, 15) is 18.3 Å². The summed E-state index contributed by atoms with van der Waals surface area (Å²) < 4.78 is 29.1. The number of sulfone groups is 1. The zero-order valence-corrected chi connectivity index (χ0v) is 14.8. The molecule has 10 heteroatoms. The number of nitrogens with one attached hydrogen (secondary N) is 2. The van der Waals surface area contributed by atoms with Crippen LogP contribution in [-0.4, -0.2) is 37.0 Å². The second kappa shape index (κ2) is 7.32. The lowest BCUT2D eigenvalue weighted by atomic mass is 10.0. The van der Waals surface area contributed by atoms with Crippen LogP contribution in [0.25, 0.3) is 0 Å². The normalized spacial score (nSPS) is 18.3. The molecule has 1 atom stereocenters. The third kappa shape index (κ3) is 4.51. The first-order valence-corrected chi connectivity index (χ1v) is 10.0. The van der Waals surface area contributed by atoms with Gasteiger partial charge < -0.3 is 14.9 Å². The average Bonchev–Trinajstić information content (AvgIpc) is 3.02. The molecule has 1 amide bonds. The lowest BCUT2D eigenvalue weighted by Crippen LogP contribution is -2.54. The number of nitrogens with zero attached hydrogens (tertiary/aromatic N) is 2. The van der Waals surface area contributed by atoms with Crippen LogP contribution in [-0.2, 0) is 21.1 Å². The van der Waals surface area contributed by atoms with Gasteiger partial charge in [0.1, 0.15) is 15.6 Å². The first-order chi connectivity index (χ1) is 12.3. The minimum absolute atomic E-state index is 0.0640. The molecule has 0 aliphatic carbocycles. The molecule has 26 heavy (non-hydrogen) atoms. The van der Waals surface area contributed by atoms with Gasteiger partial charge in [-0.25, -0.2) is 13.1 Å².